The summed E-state index contributed by atoms with van der Waals surface area (Å²) in [5.74, 6) is 0.542. The van der Waals surface area contributed by atoms with Crippen LogP contribution >= 0.6 is 11.6 Å². The number of hydrogen-bond acceptors (Lipinski definition) is 4. The molecule has 0 aliphatic heterocycles. The van der Waals surface area contributed by atoms with Gasteiger partial charge in [-0.3, -0.25) is 0 Å². The number of pyridine rings is 1. The van der Waals surface area contributed by atoms with Crippen molar-refractivity contribution in [3.05, 3.63) is 64.7 Å². The van der Waals surface area contributed by atoms with Gasteiger partial charge >= 0.3 is 6.18 Å². The van der Waals surface area contributed by atoms with E-state index in [1.807, 2.05) is 12.1 Å². The monoisotopic (exact) mass is 404 g/mol. The lowest BCUT2D eigenvalue weighted by molar-refractivity contribution is -0.141. The molecule has 0 saturated heterocycles. The predicted octanol–water partition coefficient (Wildman–Crippen LogP) is 5.83. The normalized spacial score (nSPS) is 13.9. The number of aromatic nitrogens is 3. The van der Waals surface area contributed by atoms with Gasteiger partial charge in [-0.1, -0.05) is 23.7 Å². The minimum atomic E-state index is -4.55. The Hall–Kier alpha value is -2.67. The number of hydrogen-bond donors (Lipinski definition) is 1. The zero-order valence-electron chi connectivity index (χ0n) is 14.7. The summed E-state index contributed by atoms with van der Waals surface area (Å²) in [5.41, 5.74) is 3.27. The molecule has 144 valence electrons. The van der Waals surface area contributed by atoms with Crippen molar-refractivity contribution in [3.8, 4) is 11.3 Å². The third-order valence-electron chi connectivity index (χ3n) is 4.74. The Morgan fingerprint density at radius 3 is 2.61 bits per heavy atom. The number of benzene rings is 1. The van der Waals surface area contributed by atoms with E-state index in [0.29, 0.717) is 17.1 Å². The molecule has 8 heteroatoms. The first-order valence-corrected chi connectivity index (χ1v) is 9.23. The van der Waals surface area contributed by atoms with E-state index in [9.17, 15) is 13.2 Å². The Bertz CT molecular complexity index is 1020. The van der Waals surface area contributed by atoms with Gasteiger partial charge in [0.05, 0.1) is 5.69 Å². The molecular weight excluding hydrogens is 389 g/mol. The van der Waals surface area contributed by atoms with E-state index in [-0.39, 0.29) is 5.15 Å². The highest BCUT2D eigenvalue weighted by molar-refractivity contribution is 6.32. The van der Waals surface area contributed by atoms with E-state index in [0.717, 1.165) is 31.0 Å². The van der Waals surface area contributed by atoms with Crippen LogP contribution in [0.1, 0.15) is 29.7 Å². The number of nitrogens with one attached hydrogen (secondary N) is 1. The fourth-order valence-electron chi connectivity index (χ4n) is 3.39. The third-order valence-corrected chi connectivity index (χ3v) is 5.03. The van der Waals surface area contributed by atoms with E-state index >= 15 is 0 Å². The van der Waals surface area contributed by atoms with Gasteiger partial charge in [-0.2, -0.15) is 13.2 Å². The molecule has 1 aliphatic rings. The predicted molar refractivity (Wildman–Crippen MR) is 102 cm³/mol. The van der Waals surface area contributed by atoms with Crippen molar-refractivity contribution in [3.63, 3.8) is 0 Å². The molecule has 1 aromatic carbocycles. The number of aryl methyl sites for hydroxylation is 1. The maximum Gasteiger partial charge on any atom is 0.433 e. The minimum Gasteiger partial charge on any atom is -0.340 e. The average Bonchev–Trinajstić information content (AvgIpc) is 2.68. The second-order valence-electron chi connectivity index (χ2n) is 6.60. The minimum absolute atomic E-state index is 0.253. The maximum absolute atomic E-state index is 12.8. The standard InChI is InChI=1S/C20H16ClF3N4/c21-19-14(8-9-17(28-19)20(22,23)24)16-10-18(26-11-25-16)27-15-7-3-5-12-4-1-2-6-13(12)15/h3,5,7-11H,1-2,4,6H2,(H,25,26,27). The van der Waals surface area contributed by atoms with Crippen molar-refractivity contribution >= 4 is 23.1 Å². The summed E-state index contributed by atoms with van der Waals surface area (Å²) in [6.45, 7) is 0. The zero-order valence-corrected chi connectivity index (χ0v) is 15.5. The molecule has 4 rings (SSSR count). The van der Waals surface area contributed by atoms with Crippen LogP contribution in [0, 0.1) is 0 Å². The number of rotatable bonds is 3. The van der Waals surface area contributed by atoms with Gasteiger partial charge < -0.3 is 5.32 Å². The highest BCUT2D eigenvalue weighted by Crippen LogP contribution is 2.34. The molecule has 0 amide bonds. The first kappa shape index (κ1) is 18.7. The Kier molecular flexibility index (Phi) is 4.93. The van der Waals surface area contributed by atoms with Crippen LogP contribution in [0.4, 0.5) is 24.7 Å². The molecule has 0 fully saturated rings. The number of nitrogens with zero attached hydrogens (tertiary/aromatic N) is 3. The van der Waals surface area contributed by atoms with Crippen LogP contribution in [0.5, 0.6) is 0 Å². The van der Waals surface area contributed by atoms with Crippen LogP contribution in [0.25, 0.3) is 11.3 Å². The third kappa shape index (κ3) is 3.80. The molecule has 0 saturated carbocycles. The summed E-state index contributed by atoms with van der Waals surface area (Å²) in [7, 11) is 0. The van der Waals surface area contributed by atoms with Crippen LogP contribution in [0.3, 0.4) is 0 Å². The molecule has 4 nitrogen and oxygen atoms in total. The molecular formula is C20H16ClF3N4. The molecule has 28 heavy (non-hydrogen) atoms. The van der Waals surface area contributed by atoms with Crippen molar-refractivity contribution in [1.29, 1.82) is 0 Å². The largest absolute Gasteiger partial charge is 0.433 e. The maximum atomic E-state index is 12.8. The Labute approximate surface area is 164 Å². The van der Waals surface area contributed by atoms with Crippen molar-refractivity contribution in [1.82, 2.24) is 15.0 Å². The summed E-state index contributed by atoms with van der Waals surface area (Å²) in [4.78, 5) is 11.8. The van der Waals surface area contributed by atoms with Crippen LogP contribution in [-0.2, 0) is 19.0 Å². The van der Waals surface area contributed by atoms with Crippen LogP contribution in [0.15, 0.2) is 42.7 Å². The molecule has 2 heterocycles. The van der Waals surface area contributed by atoms with Gasteiger partial charge in [-0.05, 0) is 55.0 Å². The number of halogens is 4. The van der Waals surface area contributed by atoms with Gasteiger partial charge in [0.2, 0.25) is 0 Å². The van der Waals surface area contributed by atoms with Crippen LogP contribution < -0.4 is 5.32 Å². The van der Waals surface area contributed by atoms with E-state index in [4.69, 9.17) is 11.6 Å². The zero-order chi connectivity index (χ0) is 19.7. The van der Waals surface area contributed by atoms with Crippen molar-refractivity contribution in [2.75, 3.05) is 5.32 Å². The van der Waals surface area contributed by atoms with E-state index in [1.165, 1.54) is 29.9 Å². The number of anilines is 2. The topological polar surface area (TPSA) is 50.7 Å². The molecule has 0 unspecified atom stereocenters. The number of fused-ring (bicyclic) bond motifs is 1. The van der Waals surface area contributed by atoms with Gasteiger partial charge in [0.25, 0.3) is 0 Å². The quantitative estimate of drug-likeness (QED) is 0.558. The van der Waals surface area contributed by atoms with Gasteiger partial charge in [0, 0.05) is 17.3 Å². The molecule has 0 atom stereocenters. The van der Waals surface area contributed by atoms with E-state index in [1.54, 1.807) is 6.07 Å². The molecule has 2 aromatic heterocycles. The van der Waals surface area contributed by atoms with Crippen molar-refractivity contribution in [2.24, 2.45) is 0 Å². The lowest BCUT2D eigenvalue weighted by Gasteiger charge is -2.20. The lowest BCUT2D eigenvalue weighted by Crippen LogP contribution is -2.08. The van der Waals surface area contributed by atoms with Crippen molar-refractivity contribution < 1.29 is 13.2 Å². The fourth-order valence-corrected chi connectivity index (χ4v) is 3.64. The Morgan fingerprint density at radius 2 is 1.82 bits per heavy atom. The fraction of sp³-hybridized carbons (Fsp3) is 0.250. The van der Waals surface area contributed by atoms with E-state index < -0.39 is 11.9 Å². The highest BCUT2D eigenvalue weighted by atomic mass is 35.5. The molecule has 3 aromatic rings. The second-order valence-corrected chi connectivity index (χ2v) is 6.95. The van der Waals surface area contributed by atoms with Gasteiger partial charge in [-0.25, -0.2) is 15.0 Å². The smallest absolute Gasteiger partial charge is 0.340 e. The average molecular weight is 405 g/mol. The van der Waals surface area contributed by atoms with E-state index in [2.05, 4.69) is 26.3 Å². The van der Waals surface area contributed by atoms with Gasteiger partial charge in [-0.15, -0.1) is 0 Å². The first-order chi connectivity index (χ1) is 13.4. The molecule has 1 N–H and O–H groups in total. The SMILES string of the molecule is FC(F)(F)c1ccc(-c2cc(Nc3cccc4c3CCCC4)ncn2)c(Cl)n1. The first-order valence-electron chi connectivity index (χ1n) is 8.86. The second kappa shape index (κ2) is 7.39. The number of alkyl halides is 3. The summed E-state index contributed by atoms with van der Waals surface area (Å²) < 4.78 is 38.4. The van der Waals surface area contributed by atoms with Crippen LogP contribution in [-0.4, -0.2) is 15.0 Å². The van der Waals surface area contributed by atoms with Crippen molar-refractivity contribution in [2.45, 2.75) is 31.9 Å². The van der Waals surface area contributed by atoms with Crippen LogP contribution in [0.2, 0.25) is 5.15 Å². The summed E-state index contributed by atoms with van der Waals surface area (Å²) in [5, 5.41) is 3.05. The molecule has 1 aliphatic carbocycles. The lowest BCUT2D eigenvalue weighted by atomic mass is 9.90. The Balaban J connectivity index is 1.64. The summed E-state index contributed by atoms with van der Waals surface area (Å²) in [6, 6.07) is 9.96. The highest BCUT2D eigenvalue weighted by Gasteiger charge is 2.33. The molecule has 0 radical (unpaired) electrons. The summed E-state index contributed by atoms with van der Waals surface area (Å²) >= 11 is 5.99. The Morgan fingerprint density at radius 1 is 1.00 bits per heavy atom. The molecule has 0 spiro atoms. The van der Waals surface area contributed by atoms with Gasteiger partial charge in [0.15, 0.2) is 0 Å². The molecule has 0 bridgehead atoms. The van der Waals surface area contributed by atoms with Gasteiger partial charge in [0.1, 0.15) is 23.0 Å². The summed E-state index contributed by atoms with van der Waals surface area (Å²) in [6.07, 6.45) is 1.20.